The average molecular weight is 367 g/mol. The Balaban J connectivity index is 0.00000225. The van der Waals surface area contributed by atoms with Crippen molar-refractivity contribution >= 4 is 24.0 Å². The highest BCUT2D eigenvalue weighted by molar-refractivity contribution is 6.00. The molecule has 4 nitrogen and oxygen atoms in total. The van der Waals surface area contributed by atoms with E-state index in [9.17, 15) is 4.79 Å². The van der Waals surface area contributed by atoms with Gasteiger partial charge in [-0.25, -0.2) is 0 Å². The molecule has 1 saturated carbocycles. The van der Waals surface area contributed by atoms with Crippen LogP contribution in [0.3, 0.4) is 0 Å². The van der Waals surface area contributed by atoms with E-state index in [0.29, 0.717) is 0 Å². The zero-order valence-electron chi connectivity index (χ0n) is 15.9. The van der Waals surface area contributed by atoms with E-state index in [1.807, 2.05) is 26.0 Å². The molecule has 3 atom stereocenters. The van der Waals surface area contributed by atoms with Crippen molar-refractivity contribution in [2.45, 2.75) is 64.5 Å². The molecule has 140 valence electrons. The molecule has 3 N–H and O–H groups in total. The fraction of sp³-hybridized carbons (Fsp3) is 0.650. The van der Waals surface area contributed by atoms with Crippen LogP contribution in [0.1, 0.15) is 53.0 Å². The number of anilines is 1. The quantitative estimate of drug-likeness (QED) is 0.834. The summed E-state index contributed by atoms with van der Waals surface area (Å²) in [4.78, 5) is 13.0. The molecule has 3 rings (SSSR count). The first-order valence-corrected chi connectivity index (χ1v) is 8.91. The van der Waals surface area contributed by atoms with Crippen LogP contribution < -0.4 is 11.1 Å². The first kappa shape index (κ1) is 20.2. The van der Waals surface area contributed by atoms with Crippen molar-refractivity contribution < 1.29 is 9.53 Å². The first-order valence-electron chi connectivity index (χ1n) is 8.91. The summed E-state index contributed by atoms with van der Waals surface area (Å²) in [5, 5.41) is 3.03. The maximum absolute atomic E-state index is 13.0. The maximum Gasteiger partial charge on any atom is 0.245 e. The molecule has 1 aliphatic carbocycles. The molecule has 0 aromatic heterocycles. The van der Waals surface area contributed by atoms with Gasteiger partial charge in [0.2, 0.25) is 5.91 Å². The third kappa shape index (κ3) is 3.09. The van der Waals surface area contributed by atoms with Crippen LogP contribution in [0.25, 0.3) is 0 Å². The second kappa shape index (κ2) is 6.57. The summed E-state index contributed by atoms with van der Waals surface area (Å²) in [5.74, 6) is 0.0119. The third-order valence-electron chi connectivity index (χ3n) is 6.07. The molecule has 2 fully saturated rings. The lowest BCUT2D eigenvalue weighted by molar-refractivity contribution is -0.222. The van der Waals surface area contributed by atoms with Crippen molar-refractivity contribution in [3.63, 3.8) is 0 Å². The largest absolute Gasteiger partial charge is 0.377 e. The molecule has 1 aliphatic heterocycles. The number of nitrogens with one attached hydrogen (secondary N) is 1. The van der Waals surface area contributed by atoms with E-state index in [-0.39, 0.29) is 41.2 Å². The number of ether oxygens (including phenoxy) is 1. The minimum Gasteiger partial charge on any atom is -0.377 e. The molecule has 0 bridgehead atoms. The lowest BCUT2D eigenvalue weighted by Gasteiger charge is -2.65. The smallest absolute Gasteiger partial charge is 0.245 e. The Labute approximate surface area is 157 Å². The van der Waals surface area contributed by atoms with Crippen molar-refractivity contribution in [1.82, 2.24) is 0 Å². The van der Waals surface area contributed by atoms with Crippen LogP contribution in [0, 0.1) is 11.3 Å². The van der Waals surface area contributed by atoms with Crippen LogP contribution in [-0.4, -0.2) is 24.2 Å². The van der Waals surface area contributed by atoms with Crippen molar-refractivity contribution in [1.29, 1.82) is 0 Å². The normalized spacial score (nSPS) is 30.5. The summed E-state index contributed by atoms with van der Waals surface area (Å²) < 4.78 is 5.88. The highest BCUT2D eigenvalue weighted by Gasteiger charge is 2.70. The monoisotopic (exact) mass is 366 g/mol. The highest BCUT2D eigenvalue weighted by atomic mass is 35.5. The average Bonchev–Trinajstić information content (AvgIpc) is 2.53. The van der Waals surface area contributed by atoms with Gasteiger partial charge in [0.05, 0.1) is 6.10 Å². The van der Waals surface area contributed by atoms with E-state index in [1.165, 1.54) is 5.56 Å². The fourth-order valence-electron chi connectivity index (χ4n) is 4.32. The first-order chi connectivity index (χ1) is 11.1. The van der Waals surface area contributed by atoms with E-state index in [2.05, 4.69) is 38.2 Å². The van der Waals surface area contributed by atoms with Gasteiger partial charge in [-0.05, 0) is 36.0 Å². The number of carbonyl (C=O) groups is 1. The number of carbonyl (C=O) groups excluding carboxylic acids is 1. The highest BCUT2D eigenvalue weighted by Crippen LogP contribution is 2.57. The Kier molecular flexibility index (Phi) is 5.31. The molecule has 25 heavy (non-hydrogen) atoms. The van der Waals surface area contributed by atoms with Gasteiger partial charge >= 0.3 is 0 Å². The lowest BCUT2D eigenvalue weighted by Crippen LogP contribution is -2.81. The number of hydrogen-bond donors (Lipinski definition) is 2. The van der Waals surface area contributed by atoms with E-state index in [1.54, 1.807) is 0 Å². The van der Waals surface area contributed by atoms with Gasteiger partial charge in [0.25, 0.3) is 0 Å². The van der Waals surface area contributed by atoms with Gasteiger partial charge in [-0.2, -0.15) is 0 Å². The summed E-state index contributed by atoms with van der Waals surface area (Å²) in [6.07, 6.45) is 2.02. The van der Waals surface area contributed by atoms with Gasteiger partial charge in [-0.1, -0.05) is 46.8 Å². The van der Waals surface area contributed by atoms with Crippen molar-refractivity contribution in [3.8, 4) is 0 Å². The van der Waals surface area contributed by atoms with Gasteiger partial charge in [0.15, 0.2) is 0 Å². The lowest BCUT2D eigenvalue weighted by atomic mass is 9.46. The minimum absolute atomic E-state index is 0. The molecule has 1 amide bonds. The summed E-state index contributed by atoms with van der Waals surface area (Å²) in [6, 6.07) is 8.05. The fourth-order valence-corrected chi connectivity index (χ4v) is 4.32. The molecule has 1 heterocycles. The molecular formula is C20H31ClN2O2. The molecule has 0 radical (unpaired) electrons. The van der Waals surface area contributed by atoms with Crippen LogP contribution in [0.5, 0.6) is 0 Å². The van der Waals surface area contributed by atoms with E-state index in [4.69, 9.17) is 10.5 Å². The number of fused-ring (bicyclic) bond motifs is 1. The maximum atomic E-state index is 13.0. The number of nitrogens with two attached hydrogens (primary N) is 1. The summed E-state index contributed by atoms with van der Waals surface area (Å²) >= 11 is 0. The number of benzene rings is 1. The Morgan fingerprint density at radius 3 is 2.40 bits per heavy atom. The second-order valence-corrected chi connectivity index (χ2v) is 8.91. The van der Waals surface area contributed by atoms with Gasteiger partial charge in [0.1, 0.15) is 5.54 Å². The molecule has 1 saturated heterocycles. The van der Waals surface area contributed by atoms with Gasteiger partial charge in [-0.15, -0.1) is 12.4 Å². The Bertz CT molecular complexity index is 636. The van der Waals surface area contributed by atoms with Gasteiger partial charge in [0, 0.05) is 23.6 Å². The molecular weight excluding hydrogens is 336 g/mol. The Morgan fingerprint density at radius 1 is 1.24 bits per heavy atom. The van der Waals surface area contributed by atoms with Crippen molar-refractivity contribution in [2.75, 3.05) is 11.9 Å². The third-order valence-corrected chi connectivity index (χ3v) is 6.07. The zero-order valence-corrected chi connectivity index (χ0v) is 16.7. The summed E-state index contributed by atoms with van der Waals surface area (Å²) in [6.45, 7) is 11.4. The van der Waals surface area contributed by atoms with Crippen LogP contribution in [0.4, 0.5) is 5.69 Å². The summed E-state index contributed by atoms with van der Waals surface area (Å²) in [5.41, 5.74) is 7.55. The molecule has 0 spiro atoms. The molecule has 1 aromatic rings. The predicted octanol–water partition coefficient (Wildman–Crippen LogP) is 3.88. The number of amides is 1. The minimum atomic E-state index is -0.874. The van der Waals surface area contributed by atoms with Crippen LogP contribution in [-0.2, 0) is 14.9 Å². The summed E-state index contributed by atoms with van der Waals surface area (Å²) in [7, 11) is 0. The second-order valence-electron chi connectivity index (χ2n) is 8.91. The van der Waals surface area contributed by atoms with Crippen LogP contribution in [0.2, 0.25) is 0 Å². The standard InChI is InChI=1S/C20H30N2O2.ClH/c1-18(2,3)13-8-10-14(11-9-13)22-17(23)20(21)15-7-6-12-24-16(15)19(20,4)5;/h8-11,15-16H,6-7,12,21H2,1-5H3,(H,22,23);1H. The van der Waals surface area contributed by atoms with Gasteiger partial charge < -0.3 is 15.8 Å². The number of rotatable bonds is 2. The zero-order chi connectivity index (χ0) is 17.8. The van der Waals surface area contributed by atoms with Gasteiger partial charge in [-0.3, -0.25) is 4.79 Å². The van der Waals surface area contributed by atoms with E-state index in [0.717, 1.165) is 25.1 Å². The van der Waals surface area contributed by atoms with Crippen molar-refractivity contribution in [2.24, 2.45) is 17.1 Å². The molecule has 3 unspecified atom stereocenters. The van der Waals surface area contributed by atoms with Crippen LogP contribution >= 0.6 is 12.4 Å². The number of hydrogen-bond acceptors (Lipinski definition) is 3. The SMILES string of the molecule is CC(C)(C)c1ccc(NC(=O)C2(N)C3CCCOC3C2(C)C)cc1.Cl. The Morgan fingerprint density at radius 2 is 1.84 bits per heavy atom. The predicted molar refractivity (Wildman–Crippen MR) is 104 cm³/mol. The molecule has 1 aromatic carbocycles. The topological polar surface area (TPSA) is 64.4 Å². The van der Waals surface area contributed by atoms with E-state index < -0.39 is 5.54 Å². The van der Waals surface area contributed by atoms with E-state index >= 15 is 0 Å². The number of halogens is 1. The molecule has 5 heteroatoms. The van der Waals surface area contributed by atoms with Crippen molar-refractivity contribution in [3.05, 3.63) is 29.8 Å². The van der Waals surface area contributed by atoms with Crippen LogP contribution in [0.15, 0.2) is 24.3 Å². The molecule has 2 aliphatic rings. The Hall–Kier alpha value is -1.10.